The van der Waals surface area contributed by atoms with Crippen molar-refractivity contribution in [2.24, 2.45) is 5.73 Å². The number of thioether (sulfide) groups is 1. The van der Waals surface area contributed by atoms with Crippen LogP contribution in [0.15, 0.2) is 51.7 Å². The number of aliphatic hydroxyl groups is 1. The maximum absolute atomic E-state index is 12.7. The zero-order valence-corrected chi connectivity index (χ0v) is 32.9. The molecule has 0 saturated carbocycles. The molecule has 0 fully saturated rings. The second kappa shape index (κ2) is 22.5. The van der Waals surface area contributed by atoms with Crippen LogP contribution < -0.4 is 21.7 Å². The average Bonchev–Trinajstić information content (AvgIpc) is 3.56. The molecule has 288 valence electrons. The number of nitro groups is 1. The topological polar surface area (TPSA) is 236 Å². The van der Waals surface area contributed by atoms with Crippen molar-refractivity contribution >= 4 is 73.5 Å². The number of nitro benzene ring substituents is 1. The van der Waals surface area contributed by atoms with Gasteiger partial charge in [-0.3, -0.25) is 19.7 Å². The van der Waals surface area contributed by atoms with Gasteiger partial charge in [-0.15, -0.1) is 0 Å². The fourth-order valence-corrected chi connectivity index (χ4v) is 7.84. The van der Waals surface area contributed by atoms with Crippen molar-refractivity contribution in [3.63, 3.8) is 0 Å². The number of nitrogens with two attached hydrogens (primary N) is 1. The van der Waals surface area contributed by atoms with Crippen LogP contribution in [0.25, 0.3) is 11.0 Å². The highest BCUT2D eigenvalue weighted by Crippen LogP contribution is 2.35. The molecule has 52 heavy (non-hydrogen) atoms. The molecule has 0 bridgehead atoms. The lowest BCUT2D eigenvalue weighted by molar-refractivity contribution is -0.383. The third-order valence-corrected chi connectivity index (χ3v) is 11.7. The predicted octanol–water partition coefficient (Wildman–Crippen LogP) is 5.23. The van der Waals surface area contributed by atoms with Gasteiger partial charge in [-0.1, -0.05) is 77.3 Å². The Kier molecular flexibility index (Phi) is 19.3. The van der Waals surface area contributed by atoms with E-state index >= 15 is 0 Å². The highest BCUT2D eigenvalue weighted by molar-refractivity contribution is 8.77. The molecule has 7 N–H and O–H groups in total. The Labute approximate surface area is 316 Å². The molecule has 0 aliphatic carbocycles. The molecule has 0 aliphatic rings. The van der Waals surface area contributed by atoms with Crippen LogP contribution in [0.1, 0.15) is 67.2 Å². The van der Waals surface area contributed by atoms with Gasteiger partial charge >= 0.3 is 11.7 Å². The standard InChI is InChI=1S/C34H51N7O8S3/c1-21(10-8-12-23(3)17-36-25-13-14-28(41(47)48)30-29(25)39-49-40-30)9-7-11-22(2)15-16-50-20-27(33(45)46)38-32(44)26(18-42)37-31(43)24(35)19-51-52-34(4,5)6/h9,12-15,24,26-27,36,42H,7-8,10-11,16-20,35H2,1-6H3,(H,37,43)(H,38,44)(H,45,46)/b21-9+,22-15+,23-12+/t24-,26-,27-/m0/s1. The molecule has 0 aliphatic heterocycles. The van der Waals surface area contributed by atoms with Crippen LogP contribution in [0.4, 0.5) is 11.4 Å². The number of carboxylic acids is 1. The molecular formula is C34H51N7O8S3. The minimum Gasteiger partial charge on any atom is -0.480 e. The lowest BCUT2D eigenvalue weighted by Crippen LogP contribution is -2.56. The van der Waals surface area contributed by atoms with Gasteiger partial charge in [0, 0.05) is 34.6 Å². The Bertz CT molecular complexity index is 1610. The SMILES string of the molecule is C/C(=C\CC/C(C)=C/CSC[C@H](NC(=O)[C@H](CO)NC(=O)[C@@H](N)CSSC(C)(C)C)C(=O)O)CC/C=C(\C)CNc1ccc([N+](=O)[O-])c2nonc12. The van der Waals surface area contributed by atoms with E-state index in [0.717, 1.165) is 36.8 Å². The Morgan fingerprint density at radius 1 is 0.962 bits per heavy atom. The number of benzene rings is 1. The van der Waals surface area contributed by atoms with Crippen molar-refractivity contribution in [3.05, 3.63) is 57.2 Å². The number of amides is 2. The number of non-ortho nitro benzene ring substituents is 1. The first-order valence-electron chi connectivity index (χ1n) is 16.7. The summed E-state index contributed by atoms with van der Waals surface area (Å²) in [6.45, 7) is 12.1. The number of aliphatic carboxylic acids is 1. The second-order valence-corrected chi connectivity index (χ2v) is 17.4. The molecule has 0 saturated heterocycles. The van der Waals surface area contributed by atoms with E-state index in [-0.39, 0.29) is 21.7 Å². The number of allylic oxidation sites excluding steroid dienone is 4. The normalized spacial score (nSPS) is 14.5. The number of carboxylic acid groups (broad SMARTS) is 1. The van der Waals surface area contributed by atoms with Crippen LogP contribution in [0.3, 0.4) is 0 Å². The highest BCUT2D eigenvalue weighted by Gasteiger charge is 2.28. The van der Waals surface area contributed by atoms with Crippen LogP contribution in [0.2, 0.25) is 0 Å². The molecule has 0 spiro atoms. The molecule has 15 nitrogen and oxygen atoms in total. The number of hydrogen-bond acceptors (Lipinski definition) is 14. The molecule has 1 aromatic carbocycles. The Morgan fingerprint density at radius 3 is 2.19 bits per heavy atom. The predicted molar refractivity (Wildman–Crippen MR) is 210 cm³/mol. The van der Waals surface area contributed by atoms with E-state index in [0.29, 0.717) is 29.3 Å². The second-order valence-electron chi connectivity index (χ2n) is 13.2. The number of carbonyl (C=O) groups excluding carboxylic acids is 2. The lowest BCUT2D eigenvalue weighted by atomic mass is 10.1. The molecule has 0 unspecified atom stereocenters. The third-order valence-electron chi connectivity index (χ3n) is 7.37. The number of aliphatic hydroxyl groups excluding tert-OH is 1. The summed E-state index contributed by atoms with van der Waals surface area (Å²) in [5.74, 6) is -1.63. The van der Waals surface area contributed by atoms with E-state index in [9.17, 15) is 34.7 Å². The maximum atomic E-state index is 12.7. The summed E-state index contributed by atoms with van der Waals surface area (Å²) >= 11 is 1.36. The van der Waals surface area contributed by atoms with Gasteiger partial charge in [0.25, 0.3) is 0 Å². The molecule has 2 amide bonds. The molecule has 18 heteroatoms. The summed E-state index contributed by atoms with van der Waals surface area (Å²) in [6, 6.07) is -0.443. The third kappa shape index (κ3) is 16.4. The zero-order valence-electron chi connectivity index (χ0n) is 30.5. The fraction of sp³-hybridized carbons (Fsp3) is 0.559. The van der Waals surface area contributed by atoms with Crippen LogP contribution in [0, 0.1) is 10.1 Å². The van der Waals surface area contributed by atoms with E-state index < -0.39 is 47.4 Å². The molecule has 1 heterocycles. The van der Waals surface area contributed by atoms with Crippen molar-refractivity contribution in [2.75, 3.05) is 35.7 Å². The van der Waals surface area contributed by atoms with Gasteiger partial charge < -0.3 is 31.9 Å². The number of nitrogens with zero attached hydrogens (tertiary/aromatic N) is 3. The van der Waals surface area contributed by atoms with Crippen molar-refractivity contribution in [2.45, 2.75) is 90.1 Å². The highest BCUT2D eigenvalue weighted by atomic mass is 33.1. The van der Waals surface area contributed by atoms with Gasteiger partial charge in [0.1, 0.15) is 12.1 Å². The van der Waals surface area contributed by atoms with Crippen molar-refractivity contribution in [1.29, 1.82) is 0 Å². The first-order chi connectivity index (χ1) is 24.5. The van der Waals surface area contributed by atoms with Crippen molar-refractivity contribution in [1.82, 2.24) is 20.9 Å². The fourth-order valence-electron chi connectivity index (χ4n) is 4.41. The van der Waals surface area contributed by atoms with Crippen molar-refractivity contribution in [3.8, 4) is 0 Å². The van der Waals surface area contributed by atoms with Crippen LogP contribution in [-0.4, -0.2) is 96.5 Å². The summed E-state index contributed by atoms with van der Waals surface area (Å²) < 4.78 is 4.69. The van der Waals surface area contributed by atoms with Gasteiger partial charge in [-0.05, 0) is 62.8 Å². The van der Waals surface area contributed by atoms with Gasteiger partial charge in [-0.25, -0.2) is 9.42 Å². The molecule has 2 aromatic rings. The Hall–Kier alpha value is -3.58. The first kappa shape index (κ1) is 44.6. The monoisotopic (exact) mass is 781 g/mol. The summed E-state index contributed by atoms with van der Waals surface area (Å²) in [4.78, 5) is 47.6. The zero-order chi connectivity index (χ0) is 38.8. The van der Waals surface area contributed by atoms with E-state index in [1.54, 1.807) is 16.9 Å². The number of carbonyl (C=O) groups is 3. The van der Waals surface area contributed by atoms with Gasteiger partial charge in [0.05, 0.1) is 23.3 Å². The molecule has 2 rings (SSSR count). The van der Waals surface area contributed by atoms with Gasteiger partial charge in [0.15, 0.2) is 5.52 Å². The number of fused-ring (bicyclic) bond motifs is 1. The number of rotatable bonds is 23. The summed E-state index contributed by atoms with van der Waals surface area (Å²) in [5, 5.41) is 46.0. The largest absolute Gasteiger partial charge is 0.480 e. The van der Waals surface area contributed by atoms with Gasteiger partial charge in [0.2, 0.25) is 17.3 Å². The molecule has 1 aromatic heterocycles. The minimum absolute atomic E-state index is 0.0153. The minimum atomic E-state index is -1.32. The quantitative estimate of drug-likeness (QED) is 0.0278. The maximum Gasteiger partial charge on any atom is 0.327 e. The van der Waals surface area contributed by atoms with Crippen molar-refractivity contribution < 1.29 is 34.1 Å². The smallest absolute Gasteiger partial charge is 0.327 e. The van der Waals surface area contributed by atoms with Gasteiger partial charge in [-0.2, -0.15) is 11.8 Å². The van der Waals surface area contributed by atoms with Crippen LogP contribution >= 0.6 is 33.3 Å². The van der Waals surface area contributed by atoms with E-state index in [1.165, 1.54) is 34.2 Å². The van der Waals surface area contributed by atoms with E-state index in [1.807, 2.05) is 40.7 Å². The van der Waals surface area contributed by atoms with Crippen LogP contribution in [0.5, 0.6) is 0 Å². The number of nitrogens with one attached hydrogen (secondary N) is 3. The van der Waals surface area contributed by atoms with E-state index in [2.05, 4.69) is 45.3 Å². The number of hydrogen-bond donors (Lipinski definition) is 6. The lowest BCUT2D eigenvalue weighted by Gasteiger charge is -2.22. The van der Waals surface area contributed by atoms with E-state index in [4.69, 9.17) is 10.4 Å². The molecule has 3 atom stereocenters. The molecular weight excluding hydrogens is 731 g/mol. The Morgan fingerprint density at radius 2 is 1.58 bits per heavy atom. The molecule has 0 radical (unpaired) electrons. The first-order valence-corrected chi connectivity index (χ1v) is 20.2. The average molecular weight is 782 g/mol. The Balaban J connectivity index is 1.72. The number of aromatic nitrogens is 2. The summed E-state index contributed by atoms with van der Waals surface area (Å²) in [6.07, 6.45) is 9.87. The summed E-state index contributed by atoms with van der Waals surface area (Å²) in [7, 11) is 3.01. The summed E-state index contributed by atoms with van der Waals surface area (Å²) in [5.41, 5.74) is 10.3. The number of anilines is 1. The van der Waals surface area contributed by atoms with Crippen LogP contribution in [-0.2, 0) is 14.4 Å².